The number of amides is 1. The second kappa shape index (κ2) is 11.7. The minimum absolute atomic E-state index is 0.134. The minimum Gasteiger partial charge on any atom is -0.343 e. The average Bonchev–Trinajstić information content (AvgIpc) is 2.92. The van der Waals surface area contributed by atoms with Crippen LogP contribution in [0.2, 0.25) is 0 Å². The standard InChI is InChI=1S/C23H38N2O3S/c1-4-24(16-9-10-18-25-17-8-6-7-11-23(25)26)20(3)19-21-12-14-22(15-13-21)29(27,28)5-2/h12-15,20H,4-11,16-19H2,1-3H3. The Labute approximate surface area is 177 Å². The number of carbonyl (C=O) groups is 1. The second-order valence-corrected chi connectivity index (χ2v) is 10.4. The molecule has 1 aliphatic rings. The van der Waals surface area contributed by atoms with Crippen molar-refractivity contribution >= 4 is 15.7 Å². The number of nitrogens with zero attached hydrogens (tertiary/aromatic N) is 2. The SMILES string of the molecule is CCN(CCCCN1CCCCCC1=O)C(C)Cc1ccc(S(=O)(=O)CC)cc1. The molecule has 1 aromatic carbocycles. The summed E-state index contributed by atoms with van der Waals surface area (Å²) >= 11 is 0. The van der Waals surface area contributed by atoms with Crippen LogP contribution in [0.4, 0.5) is 0 Å². The molecule has 1 heterocycles. The van der Waals surface area contributed by atoms with Crippen molar-refractivity contribution < 1.29 is 13.2 Å². The Morgan fingerprint density at radius 2 is 1.79 bits per heavy atom. The number of likely N-dealkylation sites (tertiary alicyclic amines) is 1. The number of benzene rings is 1. The molecule has 0 spiro atoms. The summed E-state index contributed by atoms with van der Waals surface area (Å²) < 4.78 is 23.9. The normalized spacial score (nSPS) is 16.8. The maximum atomic E-state index is 12.1. The summed E-state index contributed by atoms with van der Waals surface area (Å²) in [5.74, 6) is 0.465. The van der Waals surface area contributed by atoms with Crippen LogP contribution in [0, 0.1) is 0 Å². The molecule has 0 N–H and O–H groups in total. The van der Waals surface area contributed by atoms with Crippen LogP contribution in [0.5, 0.6) is 0 Å². The fraction of sp³-hybridized carbons (Fsp3) is 0.696. The van der Waals surface area contributed by atoms with E-state index in [1.807, 2.05) is 12.1 Å². The lowest BCUT2D eigenvalue weighted by Crippen LogP contribution is -2.36. The highest BCUT2D eigenvalue weighted by Crippen LogP contribution is 2.16. The maximum Gasteiger partial charge on any atom is 0.222 e. The van der Waals surface area contributed by atoms with E-state index in [0.29, 0.717) is 16.8 Å². The van der Waals surface area contributed by atoms with Crippen molar-refractivity contribution in [2.75, 3.05) is 31.9 Å². The van der Waals surface area contributed by atoms with Gasteiger partial charge >= 0.3 is 0 Å². The highest BCUT2D eigenvalue weighted by molar-refractivity contribution is 7.91. The van der Waals surface area contributed by atoms with Crippen LogP contribution >= 0.6 is 0 Å². The molecule has 0 saturated carbocycles. The Bertz CT molecular complexity index is 731. The molecule has 2 rings (SSSR count). The lowest BCUT2D eigenvalue weighted by Gasteiger charge is -2.28. The van der Waals surface area contributed by atoms with Gasteiger partial charge in [0, 0.05) is 25.6 Å². The molecule has 1 aromatic rings. The molecule has 5 nitrogen and oxygen atoms in total. The summed E-state index contributed by atoms with van der Waals surface area (Å²) in [6.45, 7) is 9.93. The number of likely N-dealkylation sites (N-methyl/N-ethyl adjacent to an activating group) is 1. The van der Waals surface area contributed by atoms with Crippen molar-refractivity contribution in [2.24, 2.45) is 0 Å². The Morgan fingerprint density at radius 1 is 1.07 bits per heavy atom. The molecule has 1 saturated heterocycles. The Hall–Kier alpha value is -1.40. The molecule has 164 valence electrons. The Morgan fingerprint density at radius 3 is 2.45 bits per heavy atom. The fourth-order valence-electron chi connectivity index (χ4n) is 4.05. The van der Waals surface area contributed by atoms with Crippen LogP contribution in [0.1, 0.15) is 64.9 Å². The van der Waals surface area contributed by atoms with E-state index in [1.165, 1.54) is 12.0 Å². The maximum absolute atomic E-state index is 12.1. The predicted molar refractivity (Wildman–Crippen MR) is 119 cm³/mol. The molecule has 1 unspecified atom stereocenters. The zero-order valence-electron chi connectivity index (χ0n) is 18.4. The molecule has 1 amide bonds. The van der Waals surface area contributed by atoms with Gasteiger partial charge in [-0.25, -0.2) is 8.42 Å². The monoisotopic (exact) mass is 422 g/mol. The van der Waals surface area contributed by atoms with Gasteiger partial charge in [-0.2, -0.15) is 0 Å². The van der Waals surface area contributed by atoms with Gasteiger partial charge in [0.2, 0.25) is 5.91 Å². The number of hydrogen-bond donors (Lipinski definition) is 0. The molecule has 1 aliphatic heterocycles. The number of carbonyl (C=O) groups excluding carboxylic acids is 1. The number of sulfone groups is 1. The number of unbranched alkanes of at least 4 members (excludes halogenated alkanes) is 1. The molecule has 29 heavy (non-hydrogen) atoms. The fourth-order valence-corrected chi connectivity index (χ4v) is 4.94. The quantitative estimate of drug-likeness (QED) is 0.507. The van der Waals surface area contributed by atoms with Crippen LogP contribution < -0.4 is 0 Å². The summed E-state index contributed by atoms with van der Waals surface area (Å²) in [6, 6.07) is 7.74. The highest BCUT2D eigenvalue weighted by atomic mass is 32.2. The zero-order chi connectivity index (χ0) is 21.3. The average molecular weight is 423 g/mol. The van der Waals surface area contributed by atoms with E-state index in [-0.39, 0.29) is 5.75 Å². The molecule has 1 atom stereocenters. The molecule has 6 heteroatoms. The van der Waals surface area contributed by atoms with Gasteiger partial charge in [-0.15, -0.1) is 0 Å². The van der Waals surface area contributed by atoms with Crippen LogP contribution in [-0.2, 0) is 21.1 Å². The van der Waals surface area contributed by atoms with Crippen LogP contribution in [-0.4, -0.2) is 62.1 Å². The molecule has 1 fully saturated rings. The third-order valence-electron chi connectivity index (χ3n) is 6.02. The largest absolute Gasteiger partial charge is 0.343 e. The smallest absolute Gasteiger partial charge is 0.222 e. The highest BCUT2D eigenvalue weighted by Gasteiger charge is 2.17. The summed E-state index contributed by atoms with van der Waals surface area (Å²) in [6.07, 6.45) is 7.13. The van der Waals surface area contributed by atoms with Gasteiger partial charge in [-0.05, 0) is 69.8 Å². The Kier molecular flexibility index (Phi) is 9.63. The molecule has 0 radical (unpaired) electrons. The van der Waals surface area contributed by atoms with Gasteiger partial charge in [0.25, 0.3) is 0 Å². The van der Waals surface area contributed by atoms with Crippen LogP contribution in [0.15, 0.2) is 29.2 Å². The van der Waals surface area contributed by atoms with E-state index in [4.69, 9.17) is 0 Å². The van der Waals surface area contributed by atoms with Crippen molar-refractivity contribution in [3.8, 4) is 0 Å². The zero-order valence-corrected chi connectivity index (χ0v) is 19.2. The van der Waals surface area contributed by atoms with Crippen molar-refractivity contribution in [3.05, 3.63) is 29.8 Å². The van der Waals surface area contributed by atoms with E-state index in [2.05, 4.69) is 23.6 Å². The first kappa shape index (κ1) is 23.9. The van der Waals surface area contributed by atoms with Crippen LogP contribution in [0.3, 0.4) is 0 Å². The minimum atomic E-state index is -3.13. The molecule has 0 bridgehead atoms. The van der Waals surface area contributed by atoms with Crippen molar-refractivity contribution in [3.63, 3.8) is 0 Å². The van der Waals surface area contributed by atoms with Gasteiger partial charge in [0.05, 0.1) is 10.6 Å². The topological polar surface area (TPSA) is 57.7 Å². The van der Waals surface area contributed by atoms with E-state index >= 15 is 0 Å². The second-order valence-electron chi connectivity index (χ2n) is 8.13. The lowest BCUT2D eigenvalue weighted by atomic mass is 10.1. The number of hydrogen-bond acceptors (Lipinski definition) is 4. The van der Waals surface area contributed by atoms with Crippen molar-refractivity contribution in [1.29, 1.82) is 0 Å². The summed E-state index contributed by atoms with van der Waals surface area (Å²) in [4.78, 5) is 17.0. The van der Waals surface area contributed by atoms with Crippen molar-refractivity contribution in [2.45, 2.75) is 76.7 Å². The number of rotatable bonds is 11. The van der Waals surface area contributed by atoms with Gasteiger partial charge in [-0.3, -0.25) is 4.79 Å². The first-order chi connectivity index (χ1) is 13.9. The lowest BCUT2D eigenvalue weighted by molar-refractivity contribution is -0.130. The van der Waals surface area contributed by atoms with E-state index < -0.39 is 9.84 Å². The molecular formula is C23H38N2O3S. The third-order valence-corrected chi connectivity index (χ3v) is 7.77. The molecular weight excluding hydrogens is 384 g/mol. The van der Waals surface area contributed by atoms with Gasteiger partial charge < -0.3 is 9.80 Å². The Balaban J connectivity index is 1.79. The third kappa shape index (κ3) is 7.41. The van der Waals surface area contributed by atoms with Crippen molar-refractivity contribution in [1.82, 2.24) is 9.80 Å². The van der Waals surface area contributed by atoms with Gasteiger partial charge in [0.1, 0.15) is 0 Å². The van der Waals surface area contributed by atoms with Gasteiger partial charge in [-0.1, -0.05) is 32.4 Å². The van der Waals surface area contributed by atoms with Crippen LogP contribution in [0.25, 0.3) is 0 Å². The molecule has 0 aliphatic carbocycles. The first-order valence-corrected chi connectivity index (χ1v) is 12.9. The molecule has 0 aromatic heterocycles. The summed E-state index contributed by atoms with van der Waals surface area (Å²) in [5.41, 5.74) is 1.17. The van der Waals surface area contributed by atoms with Gasteiger partial charge in [0.15, 0.2) is 9.84 Å². The van der Waals surface area contributed by atoms with E-state index in [0.717, 1.165) is 64.7 Å². The first-order valence-electron chi connectivity index (χ1n) is 11.2. The predicted octanol–water partition coefficient (Wildman–Crippen LogP) is 3.92. The van der Waals surface area contributed by atoms with E-state index in [9.17, 15) is 13.2 Å². The van der Waals surface area contributed by atoms with E-state index in [1.54, 1.807) is 19.1 Å². The summed E-state index contributed by atoms with van der Waals surface area (Å²) in [7, 11) is -3.13. The summed E-state index contributed by atoms with van der Waals surface area (Å²) in [5, 5.41) is 0.